The van der Waals surface area contributed by atoms with Crippen LogP contribution in [-0.2, 0) is 9.59 Å². The van der Waals surface area contributed by atoms with Gasteiger partial charge < -0.3 is 10.6 Å². The zero-order chi connectivity index (χ0) is 10.4. The summed E-state index contributed by atoms with van der Waals surface area (Å²) in [5.74, 6) is -0.852. The van der Waals surface area contributed by atoms with Crippen LogP contribution in [0.3, 0.4) is 0 Å². The molecule has 0 aromatic carbocycles. The van der Waals surface area contributed by atoms with Gasteiger partial charge in [-0.1, -0.05) is 6.92 Å². The molecule has 0 bridgehead atoms. The van der Waals surface area contributed by atoms with E-state index in [0.29, 0.717) is 13.0 Å². The van der Waals surface area contributed by atoms with E-state index in [-0.39, 0.29) is 11.8 Å². The summed E-state index contributed by atoms with van der Waals surface area (Å²) in [5, 5.41) is 0. The number of carbonyl (C=O) groups is 2. The first-order chi connectivity index (χ1) is 6.08. The van der Waals surface area contributed by atoms with Gasteiger partial charge in [0.25, 0.3) is 0 Å². The van der Waals surface area contributed by atoms with Crippen LogP contribution in [0.2, 0.25) is 0 Å². The molecule has 0 unspecified atom stereocenters. The van der Waals surface area contributed by atoms with Crippen molar-refractivity contribution in [3.05, 3.63) is 0 Å². The van der Waals surface area contributed by atoms with Gasteiger partial charge in [0, 0.05) is 6.54 Å². The lowest BCUT2D eigenvalue weighted by molar-refractivity contribution is -0.137. The van der Waals surface area contributed by atoms with Gasteiger partial charge in [-0.2, -0.15) is 0 Å². The second kappa shape index (κ2) is 5.80. The molecule has 0 spiro atoms. The number of hydrogen-bond donors (Lipinski definition) is 1. The van der Waals surface area contributed by atoms with Crippen molar-refractivity contribution in [1.82, 2.24) is 4.90 Å². The third kappa shape index (κ3) is 3.22. The van der Waals surface area contributed by atoms with Crippen LogP contribution < -0.4 is 5.73 Å². The van der Waals surface area contributed by atoms with Crippen molar-refractivity contribution < 1.29 is 9.59 Å². The minimum absolute atomic E-state index is 0.113. The van der Waals surface area contributed by atoms with Crippen LogP contribution in [0, 0.1) is 0 Å². The average Bonchev–Trinajstić information content (AvgIpc) is 2.12. The standard InChI is InChI=1S/C8H15ClN2O2/c1-3-6(8(10)13)11(4-2)7(12)5-9/h6H,3-5H2,1-2H3,(H2,10,13)/t6-/m0/s1. The largest absolute Gasteiger partial charge is 0.368 e. The molecule has 0 aromatic rings. The van der Waals surface area contributed by atoms with Crippen LogP contribution in [0.15, 0.2) is 0 Å². The Morgan fingerprint density at radius 1 is 1.46 bits per heavy atom. The number of amides is 2. The summed E-state index contributed by atoms with van der Waals surface area (Å²) in [5.41, 5.74) is 5.14. The smallest absolute Gasteiger partial charge is 0.240 e. The maximum Gasteiger partial charge on any atom is 0.240 e. The molecule has 13 heavy (non-hydrogen) atoms. The Hall–Kier alpha value is -0.770. The van der Waals surface area contributed by atoms with Crippen LogP contribution in [0.25, 0.3) is 0 Å². The molecule has 4 nitrogen and oxygen atoms in total. The number of nitrogens with two attached hydrogens (primary N) is 1. The van der Waals surface area contributed by atoms with Crippen molar-refractivity contribution in [3.63, 3.8) is 0 Å². The number of carbonyl (C=O) groups excluding carboxylic acids is 2. The first-order valence-corrected chi connectivity index (χ1v) is 4.76. The molecule has 1 atom stereocenters. The average molecular weight is 207 g/mol. The molecule has 0 aliphatic rings. The lowest BCUT2D eigenvalue weighted by atomic mass is 10.2. The number of likely N-dealkylation sites (N-methyl/N-ethyl adjacent to an activating group) is 1. The van der Waals surface area contributed by atoms with Crippen LogP contribution in [-0.4, -0.2) is 35.2 Å². The number of primary amides is 1. The molecule has 0 aromatic heterocycles. The molecule has 0 aliphatic heterocycles. The highest BCUT2D eigenvalue weighted by atomic mass is 35.5. The highest BCUT2D eigenvalue weighted by Gasteiger charge is 2.24. The van der Waals surface area contributed by atoms with Crippen molar-refractivity contribution in [2.45, 2.75) is 26.3 Å². The number of rotatable bonds is 5. The molecule has 0 heterocycles. The molecule has 2 amide bonds. The molecule has 0 saturated carbocycles. The van der Waals surface area contributed by atoms with Gasteiger partial charge in [-0.3, -0.25) is 9.59 Å². The molecule has 0 radical (unpaired) electrons. The Kier molecular flexibility index (Phi) is 5.46. The predicted octanol–water partition coefficient (Wildman–Crippen LogP) is 0.338. The van der Waals surface area contributed by atoms with E-state index in [9.17, 15) is 9.59 Å². The second-order valence-electron chi connectivity index (χ2n) is 2.64. The summed E-state index contributed by atoms with van der Waals surface area (Å²) in [6.45, 7) is 4.04. The highest BCUT2D eigenvalue weighted by Crippen LogP contribution is 2.04. The lowest BCUT2D eigenvalue weighted by Gasteiger charge is -2.26. The first-order valence-electron chi connectivity index (χ1n) is 4.23. The topological polar surface area (TPSA) is 63.4 Å². The fraction of sp³-hybridized carbons (Fsp3) is 0.750. The van der Waals surface area contributed by atoms with Gasteiger partial charge in [0.2, 0.25) is 11.8 Å². The maximum atomic E-state index is 11.2. The van der Waals surface area contributed by atoms with Gasteiger partial charge in [0.15, 0.2) is 0 Å². The third-order valence-corrected chi connectivity index (χ3v) is 2.10. The SMILES string of the molecule is CC[C@@H](C(N)=O)N(CC)C(=O)CCl. The summed E-state index contributed by atoms with van der Waals surface area (Å²) in [4.78, 5) is 23.6. The fourth-order valence-corrected chi connectivity index (χ4v) is 1.38. The number of nitrogens with zero attached hydrogens (tertiary/aromatic N) is 1. The number of hydrogen-bond acceptors (Lipinski definition) is 2. The van der Waals surface area contributed by atoms with Crippen molar-refractivity contribution in [2.24, 2.45) is 5.73 Å². The van der Waals surface area contributed by atoms with Crippen LogP contribution in [0.5, 0.6) is 0 Å². The molecule has 0 rings (SSSR count). The maximum absolute atomic E-state index is 11.2. The highest BCUT2D eigenvalue weighted by molar-refractivity contribution is 6.27. The summed E-state index contributed by atoms with van der Waals surface area (Å²) in [7, 11) is 0. The predicted molar refractivity (Wildman–Crippen MR) is 51.4 cm³/mol. The lowest BCUT2D eigenvalue weighted by Crippen LogP contribution is -2.48. The van der Waals surface area contributed by atoms with Gasteiger partial charge in [0.1, 0.15) is 11.9 Å². The molecule has 0 saturated heterocycles. The molecule has 76 valence electrons. The summed E-state index contributed by atoms with van der Waals surface area (Å²) in [6.07, 6.45) is 0.520. The van der Waals surface area contributed by atoms with Gasteiger partial charge in [-0.25, -0.2) is 0 Å². The van der Waals surface area contributed by atoms with Gasteiger partial charge in [-0.05, 0) is 13.3 Å². The molecular formula is C8H15ClN2O2. The fourth-order valence-electron chi connectivity index (χ4n) is 1.22. The third-order valence-electron chi connectivity index (χ3n) is 1.87. The quantitative estimate of drug-likeness (QED) is 0.660. The molecule has 0 aliphatic carbocycles. The summed E-state index contributed by atoms with van der Waals surface area (Å²) >= 11 is 5.39. The van der Waals surface area contributed by atoms with Gasteiger partial charge in [-0.15, -0.1) is 11.6 Å². The van der Waals surface area contributed by atoms with Gasteiger partial charge >= 0.3 is 0 Å². The van der Waals surface area contributed by atoms with E-state index in [1.54, 1.807) is 13.8 Å². The van der Waals surface area contributed by atoms with E-state index in [2.05, 4.69) is 0 Å². The monoisotopic (exact) mass is 206 g/mol. The normalized spacial score (nSPS) is 12.2. The van der Waals surface area contributed by atoms with Crippen molar-refractivity contribution in [3.8, 4) is 0 Å². The van der Waals surface area contributed by atoms with E-state index in [4.69, 9.17) is 17.3 Å². The Morgan fingerprint density at radius 2 is 2.00 bits per heavy atom. The van der Waals surface area contributed by atoms with Crippen LogP contribution in [0.1, 0.15) is 20.3 Å². The Morgan fingerprint density at radius 3 is 2.23 bits per heavy atom. The van der Waals surface area contributed by atoms with Crippen molar-refractivity contribution in [1.29, 1.82) is 0 Å². The summed E-state index contributed by atoms with van der Waals surface area (Å²) < 4.78 is 0. The van der Waals surface area contributed by atoms with Crippen molar-refractivity contribution >= 4 is 23.4 Å². The second-order valence-corrected chi connectivity index (χ2v) is 2.91. The minimum Gasteiger partial charge on any atom is -0.368 e. The van der Waals surface area contributed by atoms with E-state index in [0.717, 1.165) is 0 Å². The van der Waals surface area contributed by atoms with Gasteiger partial charge in [0.05, 0.1) is 0 Å². The van der Waals surface area contributed by atoms with E-state index < -0.39 is 11.9 Å². The summed E-state index contributed by atoms with van der Waals surface area (Å²) in [6, 6.07) is -0.531. The number of halogens is 1. The molecule has 0 fully saturated rings. The van der Waals surface area contributed by atoms with Crippen LogP contribution >= 0.6 is 11.6 Å². The Labute approximate surface area is 83.0 Å². The zero-order valence-electron chi connectivity index (χ0n) is 7.92. The Balaban J connectivity index is 4.52. The molecule has 5 heteroatoms. The first kappa shape index (κ1) is 12.2. The van der Waals surface area contributed by atoms with Crippen LogP contribution in [0.4, 0.5) is 0 Å². The number of alkyl halides is 1. The molecular weight excluding hydrogens is 192 g/mol. The molecule has 2 N–H and O–H groups in total. The minimum atomic E-state index is -0.531. The van der Waals surface area contributed by atoms with Crippen molar-refractivity contribution in [2.75, 3.05) is 12.4 Å². The zero-order valence-corrected chi connectivity index (χ0v) is 8.67. The van der Waals surface area contributed by atoms with E-state index in [1.165, 1.54) is 4.90 Å². The Bertz CT molecular complexity index is 197. The van der Waals surface area contributed by atoms with E-state index >= 15 is 0 Å². The van der Waals surface area contributed by atoms with E-state index in [1.807, 2.05) is 0 Å².